The van der Waals surface area contributed by atoms with Crippen LogP contribution in [0.15, 0.2) is 0 Å². The van der Waals surface area contributed by atoms with Crippen molar-refractivity contribution in [1.82, 2.24) is 0 Å². The van der Waals surface area contributed by atoms with Gasteiger partial charge in [-0.15, -0.1) is 0 Å². The first-order valence-corrected chi connectivity index (χ1v) is 5.96. The topological polar surface area (TPSA) is 46.5 Å². The summed E-state index contributed by atoms with van der Waals surface area (Å²) in [5, 5.41) is 10.2. The van der Waals surface area contributed by atoms with Gasteiger partial charge in [-0.2, -0.15) is 0 Å². The van der Waals surface area contributed by atoms with Crippen molar-refractivity contribution < 1.29 is 14.6 Å². The van der Waals surface area contributed by atoms with Crippen LogP contribution in [0.2, 0.25) is 0 Å². The Hall–Kier alpha value is -0.570. The van der Waals surface area contributed by atoms with Crippen LogP contribution in [0.25, 0.3) is 0 Å². The number of hydrogen-bond donors (Lipinski definition) is 1. The molecule has 0 aromatic heterocycles. The van der Waals surface area contributed by atoms with Gasteiger partial charge in [0.15, 0.2) is 5.60 Å². The Labute approximate surface area is 90.8 Å². The number of ether oxygens (including phenoxy) is 1. The fourth-order valence-electron chi connectivity index (χ4n) is 3.31. The van der Waals surface area contributed by atoms with E-state index in [1.54, 1.807) is 0 Å². The van der Waals surface area contributed by atoms with Crippen molar-refractivity contribution in [2.75, 3.05) is 7.11 Å². The average molecular weight is 212 g/mol. The summed E-state index contributed by atoms with van der Waals surface area (Å²) >= 11 is 0. The van der Waals surface area contributed by atoms with Crippen LogP contribution in [0, 0.1) is 11.8 Å². The first kappa shape index (κ1) is 10.9. The molecule has 1 N–H and O–H groups in total. The number of aliphatic hydroxyl groups is 1. The van der Waals surface area contributed by atoms with Gasteiger partial charge < -0.3 is 9.84 Å². The monoisotopic (exact) mass is 212 g/mol. The van der Waals surface area contributed by atoms with Crippen molar-refractivity contribution >= 4 is 5.97 Å². The molecule has 0 aliphatic heterocycles. The van der Waals surface area contributed by atoms with Gasteiger partial charge in [-0.1, -0.05) is 32.1 Å². The lowest BCUT2D eigenvalue weighted by atomic mass is 9.92. The summed E-state index contributed by atoms with van der Waals surface area (Å²) in [5.41, 5.74) is -1.18. The first-order valence-electron chi connectivity index (χ1n) is 5.96. The molecule has 0 aromatic rings. The lowest BCUT2D eigenvalue weighted by molar-refractivity contribution is -0.162. The van der Waals surface area contributed by atoms with E-state index in [-0.39, 0.29) is 0 Å². The standard InChI is InChI=1S/C12H20O3/c1-15-11(13)12(14)7-9-5-3-2-4-6-10(9)8-12/h9-10,14H,2-8H2,1H3/t9-,10+,12?. The summed E-state index contributed by atoms with van der Waals surface area (Å²) < 4.78 is 4.69. The second-order valence-electron chi connectivity index (χ2n) is 5.09. The van der Waals surface area contributed by atoms with Gasteiger partial charge in [0, 0.05) is 0 Å². The van der Waals surface area contributed by atoms with E-state index in [0.717, 1.165) is 0 Å². The minimum absolute atomic E-state index is 0.435. The van der Waals surface area contributed by atoms with Gasteiger partial charge >= 0.3 is 5.97 Å². The molecule has 1 unspecified atom stereocenters. The van der Waals surface area contributed by atoms with Crippen LogP contribution in [0.3, 0.4) is 0 Å². The maximum Gasteiger partial charge on any atom is 0.337 e. The third kappa shape index (κ3) is 2.03. The van der Waals surface area contributed by atoms with Crippen LogP contribution >= 0.6 is 0 Å². The number of methoxy groups -OCH3 is 1. The molecule has 2 aliphatic carbocycles. The van der Waals surface area contributed by atoms with Gasteiger partial charge in [-0.05, 0) is 24.7 Å². The number of carbonyl (C=O) groups is 1. The van der Waals surface area contributed by atoms with E-state index in [9.17, 15) is 9.90 Å². The fraction of sp³-hybridized carbons (Fsp3) is 0.917. The first-order chi connectivity index (χ1) is 7.15. The van der Waals surface area contributed by atoms with E-state index >= 15 is 0 Å². The molecular weight excluding hydrogens is 192 g/mol. The molecule has 0 amide bonds. The number of esters is 1. The van der Waals surface area contributed by atoms with Crippen LogP contribution < -0.4 is 0 Å². The van der Waals surface area contributed by atoms with Gasteiger partial charge in [0.2, 0.25) is 0 Å². The normalized spacial score (nSPS) is 40.7. The van der Waals surface area contributed by atoms with Gasteiger partial charge in [-0.3, -0.25) is 0 Å². The molecule has 3 nitrogen and oxygen atoms in total. The number of fused-ring (bicyclic) bond motifs is 1. The van der Waals surface area contributed by atoms with Gasteiger partial charge in [0.25, 0.3) is 0 Å². The molecule has 0 saturated heterocycles. The third-order valence-corrected chi connectivity index (χ3v) is 4.08. The summed E-state index contributed by atoms with van der Waals surface area (Å²) in [5.74, 6) is 0.642. The number of hydrogen-bond acceptors (Lipinski definition) is 3. The van der Waals surface area contributed by atoms with Gasteiger partial charge in [0.1, 0.15) is 0 Å². The predicted molar refractivity (Wildman–Crippen MR) is 56.3 cm³/mol. The summed E-state index contributed by atoms with van der Waals surface area (Å²) in [6.07, 6.45) is 7.38. The van der Waals surface area contributed by atoms with Crippen LogP contribution in [0.5, 0.6) is 0 Å². The lowest BCUT2D eigenvalue weighted by Crippen LogP contribution is -2.37. The zero-order valence-electron chi connectivity index (χ0n) is 9.37. The Bertz CT molecular complexity index is 235. The van der Waals surface area contributed by atoms with Gasteiger partial charge in [0.05, 0.1) is 7.11 Å². The third-order valence-electron chi connectivity index (χ3n) is 4.08. The van der Waals surface area contributed by atoms with E-state index in [0.29, 0.717) is 24.7 Å². The minimum Gasteiger partial charge on any atom is -0.467 e. The second kappa shape index (κ2) is 4.12. The van der Waals surface area contributed by atoms with Crippen LogP contribution in [-0.4, -0.2) is 23.8 Å². The SMILES string of the molecule is COC(=O)C1(O)C[C@H]2CCCCC[C@H]2C1. The van der Waals surface area contributed by atoms with Crippen molar-refractivity contribution in [2.24, 2.45) is 11.8 Å². The maximum atomic E-state index is 11.5. The highest BCUT2D eigenvalue weighted by atomic mass is 16.5. The molecule has 3 heteroatoms. The van der Waals surface area contributed by atoms with E-state index in [1.807, 2.05) is 0 Å². The largest absolute Gasteiger partial charge is 0.467 e. The smallest absolute Gasteiger partial charge is 0.337 e. The number of carbonyl (C=O) groups excluding carboxylic acids is 1. The summed E-state index contributed by atoms with van der Waals surface area (Å²) in [7, 11) is 1.36. The molecule has 86 valence electrons. The Morgan fingerprint density at radius 2 is 1.73 bits per heavy atom. The van der Waals surface area contributed by atoms with Crippen molar-refractivity contribution in [1.29, 1.82) is 0 Å². The molecule has 0 bridgehead atoms. The summed E-state index contributed by atoms with van der Waals surface area (Å²) in [6.45, 7) is 0. The van der Waals surface area contributed by atoms with Crippen LogP contribution in [0.1, 0.15) is 44.9 Å². The Morgan fingerprint density at radius 1 is 1.20 bits per heavy atom. The van der Waals surface area contributed by atoms with Crippen molar-refractivity contribution in [3.63, 3.8) is 0 Å². The molecule has 0 aromatic carbocycles. The summed E-state index contributed by atoms with van der Waals surface area (Å²) in [6, 6.07) is 0. The average Bonchev–Trinajstić information content (AvgIpc) is 2.41. The van der Waals surface area contributed by atoms with Crippen molar-refractivity contribution in [3.8, 4) is 0 Å². The van der Waals surface area contributed by atoms with E-state index < -0.39 is 11.6 Å². The summed E-state index contributed by atoms with van der Waals surface area (Å²) in [4.78, 5) is 11.5. The van der Waals surface area contributed by atoms with Crippen LogP contribution in [-0.2, 0) is 9.53 Å². The van der Waals surface area contributed by atoms with Crippen molar-refractivity contribution in [3.05, 3.63) is 0 Å². The molecule has 0 heterocycles. The number of rotatable bonds is 1. The Kier molecular flexibility index (Phi) is 3.01. The molecule has 2 rings (SSSR count). The van der Waals surface area contributed by atoms with E-state index in [4.69, 9.17) is 0 Å². The molecule has 15 heavy (non-hydrogen) atoms. The Balaban J connectivity index is 2.06. The molecule has 0 spiro atoms. The molecular formula is C12H20O3. The predicted octanol–water partition coefficient (Wildman–Crippen LogP) is 1.88. The molecule has 3 atom stereocenters. The molecule has 2 saturated carbocycles. The van der Waals surface area contributed by atoms with E-state index in [1.165, 1.54) is 39.2 Å². The molecule has 0 radical (unpaired) electrons. The highest BCUT2D eigenvalue weighted by Gasteiger charge is 2.49. The van der Waals surface area contributed by atoms with Gasteiger partial charge in [-0.25, -0.2) is 4.79 Å². The second-order valence-corrected chi connectivity index (χ2v) is 5.09. The zero-order valence-corrected chi connectivity index (χ0v) is 9.37. The maximum absolute atomic E-state index is 11.5. The quantitative estimate of drug-likeness (QED) is 0.675. The highest BCUT2D eigenvalue weighted by Crippen LogP contribution is 2.46. The minimum atomic E-state index is -1.18. The molecule has 2 aliphatic rings. The lowest BCUT2D eigenvalue weighted by Gasteiger charge is -2.19. The zero-order chi connectivity index (χ0) is 10.9. The molecule has 2 fully saturated rings. The fourth-order valence-corrected chi connectivity index (χ4v) is 3.31. The Morgan fingerprint density at radius 3 is 2.20 bits per heavy atom. The highest BCUT2D eigenvalue weighted by molar-refractivity contribution is 5.79. The van der Waals surface area contributed by atoms with Crippen LogP contribution in [0.4, 0.5) is 0 Å². The van der Waals surface area contributed by atoms with Crippen molar-refractivity contribution in [2.45, 2.75) is 50.5 Å². The van der Waals surface area contributed by atoms with E-state index in [2.05, 4.69) is 4.74 Å².